The molecule has 0 N–H and O–H groups in total. The first-order valence-electron chi connectivity index (χ1n) is 6.92. The van der Waals surface area contributed by atoms with Crippen LogP contribution in [0.1, 0.15) is 23.7 Å². The maximum absolute atomic E-state index is 12.7. The molecule has 0 fully saturated rings. The minimum absolute atomic E-state index is 0.0931. The molecule has 5 heteroatoms. The summed E-state index contributed by atoms with van der Waals surface area (Å²) in [4.78, 5) is 14.2. The number of carbonyl (C=O) groups is 1. The van der Waals surface area contributed by atoms with Crippen molar-refractivity contribution in [3.8, 4) is 17.3 Å². The van der Waals surface area contributed by atoms with E-state index in [0.29, 0.717) is 17.8 Å². The Morgan fingerprint density at radius 3 is 2.71 bits per heavy atom. The zero-order valence-corrected chi connectivity index (χ0v) is 12.3. The van der Waals surface area contributed by atoms with Gasteiger partial charge in [0.2, 0.25) is 0 Å². The number of nitrogens with zero attached hydrogens (tertiary/aromatic N) is 4. The minimum Gasteiger partial charge on any atom is -0.325 e. The first-order chi connectivity index (χ1) is 10.2. The number of hydrogen-bond acceptors (Lipinski definition) is 3. The SMILES string of the molecule is CCCN(CC#N)C(=O)c1cn(C)nc1-c1ccccc1. The molecule has 1 aromatic carbocycles. The van der Waals surface area contributed by atoms with Crippen LogP contribution in [0.3, 0.4) is 0 Å². The second-order valence-electron chi connectivity index (χ2n) is 4.82. The van der Waals surface area contributed by atoms with Crippen LogP contribution in [0.15, 0.2) is 36.5 Å². The van der Waals surface area contributed by atoms with E-state index in [1.54, 1.807) is 22.8 Å². The highest BCUT2D eigenvalue weighted by molar-refractivity contribution is 5.99. The lowest BCUT2D eigenvalue weighted by atomic mass is 10.1. The van der Waals surface area contributed by atoms with Crippen LogP contribution in [0, 0.1) is 11.3 Å². The smallest absolute Gasteiger partial charge is 0.258 e. The average Bonchev–Trinajstić information content (AvgIpc) is 2.89. The Morgan fingerprint density at radius 1 is 1.38 bits per heavy atom. The molecule has 0 aliphatic heterocycles. The third-order valence-corrected chi connectivity index (χ3v) is 3.15. The molecular formula is C16H18N4O. The third kappa shape index (κ3) is 3.29. The van der Waals surface area contributed by atoms with Crippen molar-refractivity contribution in [3.05, 3.63) is 42.1 Å². The average molecular weight is 282 g/mol. The maximum atomic E-state index is 12.7. The van der Waals surface area contributed by atoms with Gasteiger partial charge in [0.25, 0.3) is 5.91 Å². The third-order valence-electron chi connectivity index (χ3n) is 3.15. The summed E-state index contributed by atoms with van der Waals surface area (Å²) < 4.78 is 1.63. The molecule has 0 bridgehead atoms. The van der Waals surface area contributed by atoms with Crippen molar-refractivity contribution >= 4 is 5.91 Å². The molecule has 0 radical (unpaired) electrons. The highest BCUT2D eigenvalue weighted by atomic mass is 16.2. The van der Waals surface area contributed by atoms with Gasteiger partial charge in [-0.1, -0.05) is 37.3 Å². The monoisotopic (exact) mass is 282 g/mol. The second-order valence-corrected chi connectivity index (χ2v) is 4.82. The van der Waals surface area contributed by atoms with E-state index in [9.17, 15) is 4.79 Å². The summed E-state index contributed by atoms with van der Waals surface area (Å²) in [5, 5.41) is 13.3. The zero-order valence-electron chi connectivity index (χ0n) is 12.3. The first kappa shape index (κ1) is 14.8. The molecule has 2 aromatic rings. The van der Waals surface area contributed by atoms with Crippen LogP contribution >= 0.6 is 0 Å². The van der Waals surface area contributed by atoms with Crippen LogP contribution in [0.5, 0.6) is 0 Å². The topological polar surface area (TPSA) is 61.9 Å². The molecule has 0 aliphatic carbocycles. The molecule has 21 heavy (non-hydrogen) atoms. The summed E-state index contributed by atoms with van der Waals surface area (Å²) in [5.41, 5.74) is 2.09. The second kappa shape index (κ2) is 6.71. The molecule has 1 aromatic heterocycles. The first-order valence-corrected chi connectivity index (χ1v) is 6.92. The predicted octanol–water partition coefficient (Wildman–Crippen LogP) is 2.46. The maximum Gasteiger partial charge on any atom is 0.258 e. The van der Waals surface area contributed by atoms with E-state index in [-0.39, 0.29) is 12.5 Å². The largest absolute Gasteiger partial charge is 0.325 e. The van der Waals surface area contributed by atoms with E-state index in [4.69, 9.17) is 5.26 Å². The quantitative estimate of drug-likeness (QED) is 0.791. The fourth-order valence-electron chi connectivity index (χ4n) is 2.23. The number of amides is 1. The molecule has 5 nitrogen and oxygen atoms in total. The number of nitriles is 1. The molecule has 108 valence electrons. The van der Waals surface area contributed by atoms with Gasteiger partial charge in [-0.3, -0.25) is 9.48 Å². The Hall–Kier alpha value is -2.61. The van der Waals surface area contributed by atoms with Gasteiger partial charge < -0.3 is 4.90 Å². The highest BCUT2D eigenvalue weighted by Gasteiger charge is 2.21. The van der Waals surface area contributed by atoms with Crippen LogP contribution < -0.4 is 0 Å². The van der Waals surface area contributed by atoms with E-state index in [1.807, 2.05) is 43.3 Å². The van der Waals surface area contributed by atoms with Crippen molar-refractivity contribution in [2.24, 2.45) is 7.05 Å². The van der Waals surface area contributed by atoms with Crippen LogP contribution in [0.4, 0.5) is 0 Å². The molecule has 0 spiro atoms. The molecule has 0 atom stereocenters. The fourth-order valence-corrected chi connectivity index (χ4v) is 2.23. The Labute approximate surface area is 124 Å². The molecule has 1 amide bonds. The summed E-state index contributed by atoms with van der Waals surface area (Å²) in [5.74, 6) is -0.148. The van der Waals surface area contributed by atoms with Crippen molar-refractivity contribution in [1.29, 1.82) is 5.26 Å². The van der Waals surface area contributed by atoms with Gasteiger partial charge in [0, 0.05) is 25.4 Å². The molecule has 0 saturated heterocycles. The highest BCUT2D eigenvalue weighted by Crippen LogP contribution is 2.22. The number of aryl methyl sites for hydroxylation is 1. The summed E-state index contributed by atoms with van der Waals surface area (Å²) >= 11 is 0. The van der Waals surface area contributed by atoms with E-state index in [0.717, 1.165) is 12.0 Å². The summed E-state index contributed by atoms with van der Waals surface area (Å²) in [7, 11) is 1.79. The number of rotatable bonds is 5. The van der Waals surface area contributed by atoms with Gasteiger partial charge >= 0.3 is 0 Å². The van der Waals surface area contributed by atoms with Gasteiger partial charge in [-0.05, 0) is 6.42 Å². The molecule has 0 unspecified atom stereocenters. The summed E-state index contributed by atoms with van der Waals surface area (Å²) in [6.45, 7) is 2.64. The van der Waals surface area contributed by atoms with Crippen molar-refractivity contribution in [3.63, 3.8) is 0 Å². The van der Waals surface area contributed by atoms with Crippen LogP contribution in [0.25, 0.3) is 11.3 Å². The van der Waals surface area contributed by atoms with E-state index >= 15 is 0 Å². The number of benzene rings is 1. The normalized spacial score (nSPS) is 10.1. The van der Waals surface area contributed by atoms with Crippen LogP contribution in [0.2, 0.25) is 0 Å². The van der Waals surface area contributed by atoms with E-state index in [2.05, 4.69) is 5.10 Å². The minimum atomic E-state index is -0.148. The van der Waals surface area contributed by atoms with Crippen LogP contribution in [-0.2, 0) is 7.05 Å². The lowest BCUT2D eigenvalue weighted by Gasteiger charge is -2.18. The Balaban J connectivity index is 2.40. The van der Waals surface area contributed by atoms with Crippen molar-refractivity contribution in [1.82, 2.24) is 14.7 Å². The van der Waals surface area contributed by atoms with Gasteiger partial charge in [-0.15, -0.1) is 0 Å². The van der Waals surface area contributed by atoms with Gasteiger partial charge in [0.1, 0.15) is 12.2 Å². The van der Waals surface area contributed by atoms with Gasteiger partial charge in [-0.2, -0.15) is 10.4 Å². The predicted molar refractivity (Wildman–Crippen MR) is 80.5 cm³/mol. The number of hydrogen-bond donors (Lipinski definition) is 0. The molecule has 1 heterocycles. The molecular weight excluding hydrogens is 264 g/mol. The number of aromatic nitrogens is 2. The van der Waals surface area contributed by atoms with Crippen LogP contribution in [-0.4, -0.2) is 33.7 Å². The fraction of sp³-hybridized carbons (Fsp3) is 0.312. The van der Waals surface area contributed by atoms with Crippen molar-refractivity contribution < 1.29 is 4.79 Å². The number of carbonyl (C=O) groups excluding carboxylic acids is 1. The standard InChI is InChI=1S/C16H18N4O/c1-3-10-20(11-9-17)16(21)14-12-19(2)18-15(14)13-7-5-4-6-8-13/h4-8,12H,3,10-11H2,1-2H3. The summed E-state index contributed by atoms with van der Waals surface area (Å²) in [6.07, 6.45) is 2.53. The van der Waals surface area contributed by atoms with Gasteiger partial charge in [0.15, 0.2) is 0 Å². The lowest BCUT2D eigenvalue weighted by molar-refractivity contribution is 0.0777. The van der Waals surface area contributed by atoms with Crippen molar-refractivity contribution in [2.45, 2.75) is 13.3 Å². The Kier molecular flexibility index (Phi) is 4.72. The lowest BCUT2D eigenvalue weighted by Crippen LogP contribution is -2.32. The van der Waals surface area contributed by atoms with E-state index in [1.165, 1.54) is 0 Å². The van der Waals surface area contributed by atoms with Crippen molar-refractivity contribution in [2.75, 3.05) is 13.1 Å². The summed E-state index contributed by atoms with van der Waals surface area (Å²) in [6, 6.07) is 11.6. The molecule has 0 aliphatic rings. The Morgan fingerprint density at radius 2 is 2.10 bits per heavy atom. The zero-order chi connectivity index (χ0) is 15.2. The van der Waals surface area contributed by atoms with Gasteiger partial charge in [-0.25, -0.2) is 0 Å². The van der Waals surface area contributed by atoms with Gasteiger partial charge in [0.05, 0.1) is 11.6 Å². The Bertz CT molecular complexity index is 655. The molecule has 0 saturated carbocycles. The molecule has 2 rings (SSSR count). The van der Waals surface area contributed by atoms with E-state index < -0.39 is 0 Å².